The minimum Gasteiger partial charge on any atom is -0.383 e. The molecule has 5 heteroatoms. The molecular weight excluding hydrogens is 232 g/mol. The van der Waals surface area contributed by atoms with Crippen molar-refractivity contribution in [1.82, 2.24) is 15.0 Å². The van der Waals surface area contributed by atoms with E-state index in [1.54, 1.807) is 23.7 Å². The number of hydrogen-bond donors (Lipinski definition) is 1. The molecule has 3 rings (SSSR count). The summed E-state index contributed by atoms with van der Waals surface area (Å²) < 4.78 is 1.13. The Hall–Kier alpha value is -2.01. The molecule has 0 atom stereocenters. The molecule has 17 heavy (non-hydrogen) atoms. The second-order valence-corrected chi connectivity index (χ2v) is 4.74. The zero-order valence-electron chi connectivity index (χ0n) is 9.21. The molecule has 0 aliphatic rings. The van der Waals surface area contributed by atoms with Crippen LogP contribution < -0.4 is 5.73 Å². The molecule has 0 saturated carbocycles. The van der Waals surface area contributed by atoms with E-state index in [1.165, 1.54) is 0 Å². The molecule has 0 amide bonds. The summed E-state index contributed by atoms with van der Waals surface area (Å²) in [4.78, 5) is 12.9. The van der Waals surface area contributed by atoms with Gasteiger partial charge in [-0.05, 0) is 24.4 Å². The lowest BCUT2D eigenvalue weighted by Gasteiger charge is -2.02. The van der Waals surface area contributed by atoms with Crippen LogP contribution in [-0.2, 0) is 0 Å². The SMILES string of the molecule is Cc1cnc(-c2cnc3ccsc3c2)nc1N. The molecule has 3 aromatic rings. The first-order chi connectivity index (χ1) is 8.24. The molecule has 0 unspecified atom stereocenters. The zero-order chi connectivity index (χ0) is 11.8. The molecule has 0 saturated heterocycles. The summed E-state index contributed by atoms with van der Waals surface area (Å²) in [5.74, 6) is 1.14. The summed E-state index contributed by atoms with van der Waals surface area (Å²) in [5.41, 5.74) is 8.56. The molecule has 0 bridgehead atoms. The van der Waals surface area contributed by atoms with Gasteiger partial charge in [0.05, 0.1) is 10.2 Å². The fourth-order valence-corrected chi connectivity index (χ4v) is 2.34. The van der Waals surface area contributed by atoms with Gasteiger partial charge in [0.15, 0.2) is 5.82 Å². The van der Waals surface area contributed by atoms with Crippen molar-refractivity contribution in [3.63, 3.8) is 0 Å². The maximum atomic E-state index is 5.78. The van der Waals surface area contributed by atoms with Gasteiger partial charge in [-0.1, -0.05) is 0 Å². The minimum absolute atomic E-state index is 0.515. The van der Waals surface area contributed by atoms with E-state index in [9.17, 15) is 0 Å². The summed E-state index contributed by atoms with van der Waals surface area (Å²) >= 11 is 1.65. The Balaban J connectivity index is 2.16. The Morgan fingerprint density at radius 2 is 2.12 bits per heavy atom. The van der Waals surface area contributed by atoms with Crippen LogP contribution in [0.1, 0.15) is 5.56 Å². The van der Waals surface area contributed by atoms with E-state index in [0.29, 0.717) is 11.6 Å². The molecule has 0 radical (unpaired) electrons. The van der Waals surface area contributed by atoms with E-state index in [2.05, 4.69) is 15.0 Å². The molecule has 84 valence electrons. The highest BCUT2D eigenvalue weighted by atomic mass is 32.1. The third-order valence-corrected chi connectivity index (χ3v) is 3.42. The van der Waals surface area contributed by atoms with Crippen LogP contribution in [0.4, 0.5) is 5.82 Å². The van der Waals surface area contributed by atoms with E-state index in [4.69, 9.17) is 5.73 Å². The summed E-state index contributed by atoms with van der Waals surface area (Å²) in [6, 6.07) is 4.03. The van der Waals surface area contributed by atoms with E-state index in [1.807, 2.05) is 24.4 Å². The van der Waals surface area contributed by atoms with Crippen LogP contribution in [0.5, 0.6) is 0 Å². The number of nitrogens with two attached hydrogens (primary N) is 1. The molecule has 0 spiro atoms. The monoisotopic (exact) mass is 242 g/mol. The van der Waals surface area contributed by atoms with Gasteiger partial charge in [0.2, 0.25) is 0 Å². The molecule has 0 aliphatic heterocycles. The van der Waals surface area contributed by atoms with Gasteiger partial charge in [-0.3, -0.25) is 4.98 Å². The van der Waals surface area contributed by atoms with Crippen LogP contribution >= 0.6 is 11.3 Å². The Labute approximate surface area is 102 Å². The van der Waals surface area contributed by atoms with Crippen molar-refractivity contribution in [2.24, 2.45) is 0 Å². The van der Waals surface area contributed by atoms with Crippen LogP contribution in [-0.4, -0.2) is 15.0 Å². The highest BCUT2D eigenvalue weighted by molar-refractivity contribution is 7.17. The normalized spacial score (nSPS) is 10.9. The Morgan fingerprint density at radius 1 is 1.24 bits per heavy atom. The van der Waals surface area contributed by atoms with Crippen molar-refractivity contribution in [2.75, 3.05) is 5.73 Å². The third-order valence-electron chi connectivity index (χ3n) is 2.57. The van der Waals surface area contributed by atoms with Gasteiger partial charge in [-0.2, -0.15) is 0 Å². The van der Waals surface area contributed by atoms with Crippen molar-refractivity contribution < 1.29 is 0 Å². The smallest absolute Gasteiger partial charge is 0.163 e. The molecule has 2 N–H and O–H groups in total. The van der Waals surface area contributed by atoms with E-state index in [0.717, 1.165) is 21.3 Å². The van der Waals surface area contributed by atoms with Crippen molar-refractivity contribution in [1.29, 1.82) is 0 Å². The number of pyridine rings is 1. The van der Waals surface area contributed by atoms with Crippen molar-refractivity contribution in [3.05, 3.63) is 35.5 Å². The summed E-state index contributed by atoms with van der Waals surface area (Å²) in [7, 11) is 0. The van der Waals surface area contributed by atoms with Crippen LogP contribution in [0, 0.1) is 6.92 Å². The first-order valence-corrected chi connectivity index (χ1v) is 6.05. The fraction of sp³-hybridized carbons (Fsp3) is 0.0833. The molecule has 3 heterocycles. The Morgan fingerprint density at radius 3 is 2.94 bits per heavy atom. The third kappa shape index (κ3) is 1.74. The lowest BCUT2D eigenvalue weighted by Crippen LogP contribution is -1.98. The predicted octanol–water partition coefficient (Wildman–Crippen LogP) is 2.64. The molecular formula is C12H10N4S. The highest BCUT2D eigenvalue weighted by Gasteiger charge is 2.06. The highest BCUT2D eigenvalue weighted by Crippen LogP contribution is 2.24. The summed E-state index contributed by atoms with van der Waals surface area (Å²) in [5, 5.41) is 2.02. The van der Waals surface area contributed by atoms with E-state index in [-0.39, 0.29) is 0 Å². The second kappa shape index (κ2) is 3.78. The number of hydrogen-bond acceptors (Lipinski definition) is 5. The van der Waals surface area contributed by atoms with E-state index >= 15 is 0 Å². The molecule has 4 nitrogen and oxygen atoms in total. The predicted molar refractivity (Wildman–Crippen MR) is 69.8 cm³/mol. The number of thiophene rings is 1. The number of nitrogens with zero attached hydrogens (tertiary/aromatic N) is 3. The van der Waals surface area contributed by atoms with Gasteiger partial charge >= 0.3 is 0 Å². The van der Waals surface area contributed by atoms with Gasteiger partial charge in [0.25, 0.3) is 0 Å². The molecule has 0 fully saturated rings. The standard InChI is InChI=1S/C12H10N4S/c1-7-5-15-12(16-11(7)13)8-4-10-9(14-6-8)2-3-17-10/h2-6H,1H3,(H2,13,15,16). The van der Waals surface area contributed by atoms with Gasteiger partial charge in [0.1, 0.15) is 5.82 Å². The molecule has 3 aromatic heterocycles. The number of aromatic nitrogens is 3. The maximum Gasteiger partial charge on any atom is 0.163 e. The van der Waals surface area contributed by atoms with Gasteiger partial charge in [-0.15, -0.1) is 11.3 Å². The molecule has 0 aliphatic carbocycles. The quantitative estimate of drug-likeness (QED) is 0.712. The van der Waals surface area contributed by atoms with Gasteiger partial charge in [0, 0.05) is 23.5 Å². The lowest BCUT2D eigenvalue weighted by molar-refractivity contribution is 1.14. The Kier molecular flexibility index (Phi) is 2.26. The zero-order valence-corrected chi connectivity index (χ0v) is 10.0. The second-order valence-electron chi connectivity index (χ2n) is 3.79. The van der Waals surface area contributed by atoms with Crippen molar-refractivity contribution >= 4 is 27.4 Å². The Bertz CT molecular complexity index is 690. The number of aryl methyl sites for hydroxylation is 1. The maximum absolute atomic E-state index is 5.78. The van der Waals surface area contributed by atoms with Crippen LogP contribution in [0.25, 0.3) is 21.6 Å². The van der Waals surface area contributed by atoms with Gasteiger partial charge in [-0.25, -0.2) is 9.97 Å². The first kappa shape index (κ1) is 10.2. The summed E-state index contributed by atoms with van der Waals surface area (Å²) in [6.45, 7) is 1.89. The largest absolute Gasteiger partial charge is 0.383 e. The van der Waals surface area contributed by atoms with Crippen LogP contribution in [0.15, 0.2) is 29.9 Å². The average molecular weight is 242 g/mol. The summed E-state index contributed by atoms with van der Waals surface area (Å²) in [6.07, 6.45) is 3.51. The molecule has 0 aromatic carbocycles. The van der Waals surface area contributed by atoms with Crippen LogP contribution in [0.3, 0.4) is 0 Å². The fourth-order valence-electron chi connectivity index (χ4n) is 1.56. The minimum atomic E-state index is 0.515. The first-order valence-electron chi connectivity index (χ1n) is 5.17. The van der Waals surface area contributed by atoms with E-state index < -0.39 is 0 Å². The number of fused-ring (bicyclic) bond motifs is 1. The lowest BCUT2D eigenvalue weighted by atomic mass is 10.2. The number of nitrogen functional groups attached to an aromatic ring is 1. The van der Waals surface area contributed by atoms with Gasteiger partial charge < -0.3 is 5.73 Å². The van der Waals surface area contributed by atoms with Crippen molar-refractivity contribution in [3.8, 4) is 11.4 Å². The number of anilines is 1. The van der Waals surface area contributed by atoms with Crippen molar-refractivity contribution in [2.45, 2.75) is 6.92 Å². The topological polar surface area (TPSA) is 64.7 Å². The van der Waals surface area contributed by atoms with Crippen LogP contribution in [0.2, 0.25) is 0 Å². The number of rotatable bonds is 1. The average Bonchev–Trinajstić information content (AvgIpc) is 2.79.